The molecule has 0 bridgehead atoms. The van der Waals surface area contributed by atoms with Crippen LogP contribution in [0.4, 0.5) is 0 Å². The molecule has 0 rings (SSSR count). The second-order valence-corrected chi connectivity index (χ2v) is 5.12. The highest BCUT2D eigenvalue weighted by molar-refractivity contribution is 5.37. The standard InChI is InChI=1S/C16H32O3/c1-3-5-6-7-8-9-10-11-12-13-14-18-16(4-2)19-15-17/h15-16H,3-14H2,1-2H3. The molecule has 1 unspecified atom stereocenters. The van der Waals surface area contributed by atoms with E-state index in [1.54, 1.807) is 0 Å². The maximum absolute atomic E-state index is 10.2. The summed E-state index contributed by atoms with van der Waals surface area (Å²) in [5.74, 6) is 0. The highest BCUT2D eigenvalue weighted by atomic mass is 16.7. The van der Waals surface area contributed by atoms with E-state index in [9.17, 15) is 4.79 Å². The summed E-state index contributed by atoms with van der Waals surface area (Å²) >= 11 is 0. The van der Waals surface area contributed by atoms with Gasteiger partial charge in [0.25, 0.3) is 6.47 Å². The maximum Gasteiger partial charge on any atom is 0.295 e. The van der Waals surface area contributed by atoms with Gasteiger partial charge in [0, 0.05) is 6.42 Å². The Labute approximate surface area is 119 Å². The highest BCUT2D eigenvalue weighted by Crippen LogP contribution is 2.10. The van der Waals surface area contributed by atoms with Crippen molar-refractivity contribution in [1.29, 1.82) is 0 Å². The predicted molar refractivity (Wildman–Crippen MR) is 79.0 cm³/mol. The van der Waals surface area contributed by atoms with Crippen LogP contribution in [-0.4, -0.2) is 19.4 Å². The Morgan fingerprint density at radius 3 is 1.84 bits per heavy atom. The molecule has 0 radical (unpaired) electrons. The van der Waals surface area contributed by atoms with E-state index in [0.29, 0.717) is 13.1 Å². The summed E-state index contributed by atoms with van der Waals surface area (Å²) in [5.41, 5.74) is 0. The summed E-state index contributed by atoms with van der Waals surface area (Å²) < 4.78 is 10.2. The maximum atomic E-state index is 10.2. The van der Waals surface area contributed by atoms with Gasteiger partial charge in [0.2, 0.25) is 6.29 Å². The first-order valence-electron chi connectivity index (χ1n) is 8.05. The van der Waals surface area contributed by atoms with Crippen LogP contribution >= 0.6 is 0 Å². The average Bonchev–Trinajstić information content (AvgIpc) is 2.43. The van der Waals surface area contributed by atoms with E-state index in [-0.39, 0.29) is 6.29 Å². The fourth-order valence-electron chi connectivity index (χ4n) is 2.12. The van der Waals surface area contributed by atoms with E-state index >= 15 is 0 Å². The van der Waals surface area contributed by atoms with Crippen LogP contribution in [0.25, 0.3) is 0 Å². The smallest absolute Gasteiger partial charge is 0.295 e. The molecule has 0 aromatic rings. The molecule has 0 aliphatic carbocycles. The average molecular weight is 272 g/mol. The molecule has 0 fully saturated rings. The van der Waals surface area contributed by atoms with Gasteiger partial charge in [-0.2, -0.15) is 0 Å². The van der Waals surface area contributed by atoms with Gasteiger partial charge in [0.05, 0.1) is 6.61 Å². The van der Waals surface area contributed by atoms with Gasteiger partial charge in [-0.05, 0) is 6.42 Å². The van der Waals surface area contributed by atoms with E-state index in [4.69, 9.17) is 9.47 Å². The molecule has 0 aliphatic heterocycles. The third kappa shape index (κ3) is 13.7. The summed E-state index contributed by atoms with van der Waals surface area (Å²) in [6.07, 6.45) is 13.6. The SMILES string of the molecule is CCCCCCCCCCCCOC(CC)OC=O. The fourth-order valence-corrected chi connectivity index (χ4v) is 2.12. The Hall–Kier alpha value is -0.570. The van der Waals surface area contributed by atoms with Gasteiger partial charge < -0.3 is 9.47 Å². The van der Waals surface area contributed by atoms with Gasteiger partial charge in [0.15, 0.2) is 0 Å². The molecule has 0 aliphatic rings. The number of carbonyl (C=O) groups is 1. The Morgan fingerprint density at radius 2 is 1.37 bits per heavy atom. The number of carbonyl (C=O) groups excluding carboxylic acids is 1. The first-order chi connectivity index (χ1) is 9.35. The molecule has 19 heavy (non-hydrogen) atoms. The summed E-state index contributed by atoms with van der Waals surface area (Å²) in [4.78, 5) is 10.2. The molecule has 1 atom stereocenters. The molecule has 0 saturated heterocycles. The minimum absolute atomic E-state index is 0.351. The van der Waals surface area contributed by atoms with Crippen LogP contribution in [0.1, 0.15) is 84.5 Å². The molecule has 0 saturated carbocycles. The lowest BCUT2D eigenvalue weighted by Crippen LogP contribution is -2.16. The number of ether oxygens (including phenoxy) is 2. The Morgan fingerprint density at radius 1 is 0.842 bits per heavy atom. The van der Waals surface area contributed by atoms with Crippen molar-refractivity contribution in [2.75, 3.05) is 6.61 Å². The zero-order chi connectivity index (χ0) is 14.2. The van der Waals surface area contributed by atoms with Gasteiger partial charge in [0.1, 0.15) is 0 Å². The van der Waals surface area contributed by atoms with E-state index < -0.39 is 0 Å². The van der Waals surface area contributed by atoms with E-state index in [1.807, 2.05) is 6.92 Å². The third-order valence-electron chi connectivity index (χ3n) is 3.34. The molecule has 3 heteroatoms. The summed E-state index contributed by atoms with van der Waals surface area (Å²) in [5, 5.41) is 0. The van der Waals surface area contributed by atoms with Crippen molar-refractivity contribution < 1.29 is 14.3 Å². The lowest BCUT2D eigenvalue weighted by molar-refractivity contribution is -0.164. The minimum Gasteiger partial charge on any atom is -0.438 e. The molecule has 0 aromatic heterocycles. The monoisotopic (exact) mass is 272 g/mol. The Bertz CT molecular complexity index is 183. The topological polar surface area (TPSA) is 35.5 Å². The van der Waals surface area contributed by atoms with Gasteiger partial charge >= 0.3 is 0 Å². The van der Waals surface area contributed by atoms with Crippen molar-refractivity contribution >= 4 is 6.47 Å². The van der Waals surface area contributed by atoms with Crippen LogP contribution in [0.15, 0.2) is 0 Å². The first-order valence-corrected chi connectivity index (χ1v) is 8.05. The number of hydrogen-bond acceptors (Lipinski definition) is 3. The van der Waals surface area contributed by atoms with Crippen molar-refractivity contribution in [3.63, 3.8) is 0 Å². The zero-order valence-electron chi connectivity index (χ0n) is 12.9. The van der Waals surface area contributed by atoms with Gasteiger partial charge in [-0.15, -0.1) is 0 Å². The van der Waals surface area contributed by atoms with Crippen LogP contribution in [0.2, 0.25) is 0 Å². The number of unbranched alkanes of at least 4 members (excludes halogenated alkanes) is 9. The van der Waals surface area contributed by atoms with E-state index in [2.05, 4.69) is 6.92 Å². The fraction of sp³-hybridized carbons (Fsp3) is 0.938. The first kappa shape index (κ1) is 18.4. The van der Waals surface area contributed by atoms with Crippen LogP contribution in [0, 0.1) is 0 Å². The largest absolute Gasteiger partial charge is 0.438 e. The van der Waals surface area contributed by atoms with E-state index in [1.165, 1.54) is 57.8 Å². The summed E-state index contributed by atoms with van der Waals surface area (Å²) in [7, 11) is 0. The van der Waals surface area contributed by atoms with Crippen molar-refractivity contribution in [2.24, 2.45) is 0 Å². The normalized spacial score (nSPS) is 12.3. The molecular formula is C16H32O3. The Balaban J connectivity index is 3.11. The molecule has 114 valence electrons. The molecule has 0 amide bonds. The van der Waals surface area contributed by atoms with Gasteiger partial charge in [-0.3, -0.25) is 4.79 Å². The molecule has 0 spiro atoms. The van der Waals surface area contributed by atoms with Crippen molar-refractivity contribution in [1.82, 2.24) is 0 Å². The third-order valence-corrected chi connectivity index (χ3v) is 3.34. The lowest BCUT2D eigenvalue weighted by Gasteiger charge is -2.13. The summed E-state index contributed by atoms with van der Waals surface area (Å²) in [6, 6.07) is 0. The van der Waals surface area contributed by atoms with Crippen molar-refractivity contribution in [3.8, 4) is 0 Å². The summed E-state index contributed by atoms with van der Waals surface area (Å²) in [6.45, 7) is 5.37. The zero-order valence-corrected chi connectivity index (χ0v) is 12.9. The number of rotatable bonds is 15. The van der Waals surface area contributed by atoms with E-state index in [0.717, 1.165) is 12.8 Å². The molecule has 0 N–H and O–H groups in total. The van der Waals surface area contributed by atoms with Gasteiger partial charge in [-0.1, -0.05) is 71.6 Å². The Kier molecular flexibility index (Phi) is 15.0. The lowest BCUT2D eigenvalue weighted by atomic mass is 10.1. The molecule has 0 heterocycles. The number of hydrogen-bond donors (Lipinski definition) is 0. The quantitative estimate of drug-likeness (QED) is 0.243. The van der Waals surface area contributed by atoms with Crippen LogP contribution < -0.4 is 0 Å². The van der Waals surface area contributed by atoms with Crippen molar-refractivity contribution in [2.45, 2.75) is 90.8 Å². The second kappa shape index (κ2) is 15.5. The highest BCUT2D eigenvalue weighted by Gasteiger charge is 2.04. The molecule has 0 aromatic carbocycles. The van der Waals surface area contributed by atoms with Crippen LogP contribution in [-0.2, 0) is 14.3 Å². The van der Waals surface area contributed by atoms with Crippen molar-refractivity contribution in [3.05, 3.63) is 0 Å². The second-order valence-electron chi connectivity index (χ2n) is 5.12. The van der Waals surface area contributed by atoms with Gasteiger partial charge in [-0.25, -0.2) is 0 Å². The van der Waals surface area contributed by atoms with Crippen LogP contribution in [0.3, 0.4) is 0 Å². The van der Waals surface area contributed by atoms with Crippen LogP contribution in [0.5, 0.6) is 0 Å². The molecular weight excluding hydrogens is 240 g/mol. The minimum atomic E-state index is -0.351. The molecule has 3 nitrogen and oxygen atoms in total. The predicted octanol–water partition coefficient (Wildman–Crippen LogP) is 4.83.